The molecule has 0 bridgehead atoms. The second kappa shape index (κ2) is 7.23. The molecule has 0 atom stereocenters. The molecule has 0 aliphatic heterocycles. The summed E-state index contributed by atoms with van der Waals surface area (Å²) in [6.07, 6.45) is 8.42. The summed E-state index contributed by atoms with van der Waals surface area (Å²) < 4.78 is 6.77. The predicted octanol–water partition coefficient (Wildman–Crippen LogP) is 1.99. The SMILES string of the molecule is COc1ccc(NC(=O)NCc2ccc(-n3ccnc3)nc2)cn1. The van der Waals surface area contributed by atoms with E-state index >= 15 is 0 Å². The summed E-state index contributed by atoms with van der Waals surface area (Å²) in [6, 6.07) is 6.84. The van der Waals surface area contributed by atoms with E-state index < -0.39 is 0 Å². The number of nitrogens with one attached hydrogen (secondary N) is 2. The highest BCUT2D eigenvalue weighted by atomic mass is 16.5. The smallest absolute Gasteiger partial charge is 0.319 e. The maximum Gasteiger partial charge on any atom is 0.319 e. The Morgan fingerprint density at radius 1 is 1.21 bits per heavy atom. The summed E-state index contributed by atoms with van der Waals surface area (Å²) in [4.78, 5) is 24.2. The van der Waals surface area contributed by atoms with E-state index in [0.29, 0.717) is 18.1 Å². The Morgan fingerprint density at radius 2 is 2.12 bits per heavy atom. The number of anilines is 1. The van der Waals surface area contributed by atoms with E-state index in [1.54, 1.807) is 35.4 Å². The number of pyridine rings is 2. The molecular weight excluding hydrogens is 308 g/mol. The van der Waals surface area contributed by atoms with E-state index in [-0.39, 0.29) is 6.03 Å². The van der Waals surface area contributed by atoms with Crippen molar-refractivity contribution in [2.75, 3.05) is 12.4 Å². The molecule has 0 unspecified atom stereocenters. The summed E-state index contributed by atoms with van der Waals surface area (Å²) >= 11 is 0. The van der Waals surface area contributed by atoms with Crippen LogP contribution in [0.1, 0.15) is 5.56 Å². The maximum atomic E-state index is 11.9. The second-order valence-corrected chi connectivity index (χ2v) is 4.89. The van der Waals surface area contributed by atoms with Crippen LogP contribution >= 0.6 is 0 Å². The number of amides is 2. The highest BCUT2D eigenvalue weighted by molar-refractivity contribution is 5.88. The largest absolute Gasteiger partial charge is 0.481 e. The molecule has 0 aliphatic carbocycles. The Hall–Kier alpha value is -3.42. The fourth-order valence-electron chi connectivity index (χ4n) is 2.00. The number of hydrogen-bond acceptors (Lipinski definition) is 5. The first-order valence-corrected chi connectivity index (χ1v) is 7.23. The zero-order valence-electron chi connectivity index (χ0n) is 13.0. The van der Waals surface area contributed by atoms with Crippen LogP contribution in [0.2, 0.25) is 0 Å². The van der Waals surface area contributed by atoms with Crippen LogP contribution in [0.4, 0.5) is 10.5 Å². The van der Waals surface area contributed by atoms with Gasteiger partial charge in [0.15, 0.2) is 0 Å². The zero-order valence-corrected chi connectivity index (χ0v) is 13.0. The van der Waals surface area contributed by atoms with Crippen molar-refractivity contribution < 1.29 is 9.53 Å². The van der Waals surface area contributed by atoms with Gasteiger partial charge in [-0.3, -0.25) is 4.57 Å². The van der Waals surface area contributed by atoms with Crippen molar-refractivity contribution >= 4 is 11.7 Å². The third-order valence-electron chi connectivity index (χ3n) is 3.23. The Morgan fingerprint density at radius 3 is 2.75 bits per heavy atom. The fourth-order valence-corrected chi connectivity index (χ4v) is 2.00. The van der Waals surface area contributed by atoms with E-state index in [1.807, 2.05) is 18.3 Å². The molecule has 0 saturated carbocycles. The Labute approximate surface area is 138 Å². The lowest BCUT2D eigenvalue weighted by molar-refractivity contribution is 0.251. The van der Waals surface area contributed by atoms with E-state index in [2.05, 4.69) is 25.6 Å². The minimum Gasteiger partial charge on any atom is -0.481 e. The molecule has 0 aliphatic rings. The van der Waals surface area contributed by atoms with Gasteiger partial charge >= 0.3 is 6.03 Å². The van der Waals surface area contributed by atoms with Crippen molar-refractivity contribution in [3.8, 4) is 11.7 Å². The van der Waals surface area contributed by atoms with Crippen molar-refractivity contribution in [1.82, 2.24) is 24.8 Å². The maximum absolute atomic E-state index is 11.9. The number of rotatable bonds is 5. The molecule has 0 fully saturated rings. The molecule has 3 aromatic heterocycles. The molecule has 24 heavy (non-hydrogen) atoms. The lowest BCUT2D eigenvalue weighted by Gasteiger charge is -2.08. The summed E-state index contributed by atoms with van der Waals surface area (Å²) in [5.74, 6) is 1.26. The molecule has 8 heteroatoms. The van der Waals surface area contributed by atoms with Crippen LogP contribution in [0.5, 0.6) is 5.88 Å². The zero-order chi connectivity index (χ0) is 16.8. The van der Waals surface area contributed by atoms with Gasteiger partial charge in [0.2, 0.25) is 5.88 Å². The van der Waals surface area contributed by atoms with Crippen molar-refractivity contribution in [2.24, 2.45) is 0 Å². The van der Waals surface area contributed by atoms with Crippen molar-refractivity contribution in [2.45, 2.75) is 6.54 Å². The van der Waals surface area contributed by atoms with Crippen LogP contribution in [-0.2, 0) is 6.54 Å². The lowest BCUT2D eigenvalue weighted by Crippen LogP contribution is -2.28. The van der Waals surface area contributed by atoms with Crippen LogP contribution in [-0.4, -0.2) is 32.7 Å². The summed E-state index contributed by atoms with van der Waals surface area (Å²) in [7, 11) is 1.54. The number of ether oxygens (including phenoxy) is 1. The first-order valence-electron chi connectivity index (χ1n) is 7.23. The number of imidazole rings is 1. The van der Waals surface area contributed by atoms with E-state index in [0.717, 1.165) is 11.4 Å². The molecule has 0 saturated heterocycles. The highest BCUT2D eigenvalue weighted by Crippen LogP contribution is 2.10. The molecular formula is C16H16N6O2. The van der Waals surface area contributed by atoms with Gasteiger partial charge in [-0.1, -0.05) is 6.07 Å². The third kappa shape index (κ3) is 3.86. The Balaban J connectivity index is 1.52. The van der Waals surface area contributed by atoms with Crippen LogP contribution in [0.25, 0.3) is 5.82 Å². The number of urea groups is 1. The molecule has 8 nitrogen and oxygen atoms in total. The van der Waals surface area contributed by atoms with Crippen LogP contribution in [0, 0.1) is 0 Å². The topological polar surface area (TPSA) is 94.0 Å². The van der Waals surface area contributed by atoms with Crippen molar-refractivity contribution in [1.29, 1.82) is 0 Å². The number of methoxy groups -OCH3 is 1. The van der Waals surface area contributed by atoms with Crippen LogP contribution in [0.15, 0.2) is 55.4 Å². The van der Waals surface area contributed by atoms with Gasteiger partial charge in [-0.25, -0.2) is 19.7 Å². The van der Waals surface area contributed by atoms with Crippen LogP contribution < -0.4 is 15.4 Å². The molecule has 2 amide bonds. The molecule has 2 N–H and O–H groups in total. The second-order valence-electron chi connectivity index (χ2n) is 4.89. The average Bonchev–Trinajstić information content (AvgIpc) is 3.16. The van der Waals surface area contributed by atoms with Gasteiger partial charge < -0.3 is 15.4 Å². The van der Waals surface area contributed by atoms with Gasteiger partial charge in [-0.2, -0.15) is 0 Å². The van der Waals surface area contributed by atoms with Gasteiger partial charge in [-0.05, 0) is 17.7 Å². The number of hydrogen-bond donors (Lipinski definition) is 2. The predicted molar refractivity (Wildman–Crippen MR) is 88.0 cm³/mol. The minimum atomic E-state index is -0.319. The van der Waals surface area contributed by atoms with Crippen molar-refractivity contribution in [3.63, 3.8) is 0 Å². The lowest BCUT2D eigenvalue weighted by atomic mass is 10.3. The fraction of sp³-hybridized carbons (Fsp3) is 0.125. The monoisotopic (exact) mass is 324 g/mol. The van der Waals surface area contributed by atoms with Gasteiger partial charge in [0, 0.05) is 31.2 Å². The highest BCUT2D eigenvalue weighted by Gasteiger charge is 2.03. The number of nitrogens with zero attached hydrogens (tertiary/aromatic N) is 4. The summed E-state index contributed by atoms with van der Waals surface area (Å²) in [6.45, 7) is 0.368. The molecule has 3 heterocycles. The summed E-state index contributed by atoms with van der Waals surface area (Å²) in [5.41, 5.74) is 1.48. The molecule has 0 aromatic carbocycles. The number of carbonyl (C=O) groups excluding carboxylic acids is 1. The first kappa shape index (κ1) is 15.5. The van der Waals surface area contributed by atoms with E-state index in [1.165, 1.54) is 13.3 Å². The molecule has 122 valence electrons. The quantitative estimate of drug-likeness (QED) is 0.748. The molecule has 0 spiro atoms. The van der Waals surface area contributed by atoms with E-state index in [9.17, 15) is 4.79 Å². The average molecular weight is 324 g/mol. The van der Waals surface area contributed by atoms with Crippen LogP contribution in [0.3, 0.4) is 0 Å². The first-order chi connectivity index (χ1) is 11.7. The Bertz CT molecular complexity index is 784. The molecule has 3 rings (SSSR count). The minimum absolute atomic E-state index is 0.319. The number of aromatic nitrogens is 4. The van der Waals surface area contributed by atoms with E-state index in [4.69, 9.17) is 4.74 Å². The summed E-state index contributed by atoms with van der Waals surface area (Å²) in [5, 5.41) is 5.46. The molecule has 0 radical (unpaired) electrons. The standard InChI is InChI=1S/C16H16N6O2/c1-24-15-5-3-13(10-19-15)21-16(23)20-9-12-2-4-14(18-8-12)22-7-6-17-11-22/h2-8,10-11H,9H2,1H3,(H2,20,21,23). The van der Waals surface area contributed by atoms with Gasteiger partial charge in [0.05, 0.1) is 19.0 Å². The van der Waals surface area contributed by atoms with Gasteiger partial charge in [0.25, 0.3) is 0 Å². The normalized spacial score (nSPS) is 10.2. The molecule has 3 aromatic rings. The van der Waals surface area contributed by atoms with Gasteiger partial charge in [-0.15, -0.1) is 0 Å². The van der Waals surface area contributed by atoms with Crippen molar-refractivity contribution in [3.05, 3.63) is 60.9 Å². The van der Waals surface area contributed by atoms with Gasteiger partial charge in [0.1, 0.15) is 12.1 Å². The Kier molecular flexibility index (Phi) is 4.66. The number of carbonyl (C=O) groups is 1. The third-order valence-corrected chi connectivity index (χ3v) is 3.23.